The normalized spacial score (nSPS) is 14.0. The maximum Gasteiger partial charge on any atom is 0.420 e. The van der Waals surface area contributed by atoms with Crippen LogP contribution in [-0.2, 0) is 14.3 Å². The summed E-state index contributed by atoms with van der Waals surface area (Å²) < 4.78 is 66.8. The lowest BCUT2D eigenvalue weighted by Gasteiger charge is -2.20. The summed E-state index contributed by atoms with van der Waals surface area (Å²) in [5, 5.41) is 0. The van der Waals surface area contributed by atoms with Crippen LogP contribution in [0.4, 0.5) is 13.2 Å². The van der Waals surface area contributed by atoms with Gasteiger partial charge in [-0.1, -0.05) is 33.7 Å². The predicted octanol–water partition coefficient (Wildman–Crippen LogP) is 4.64. The van der Waals surface area contributed by atoms with E-state index in [4.69, 9.17) is 11.6 Å². The maximum absolute atomic E-state index is 13.1. The fourth-order valence-corrected chi connectivity index (χ4v) is 4.27. The molecule has 0 aliphatic rings. The Kier molecular flexibility index (Phi) is 7.87. The molecule has 0 N–H and O–H groups in total. The second-order valence-electron chi connectivity index (χ2n) is 4.14. The molecule has 1 rings (SSSR count). The van der Waals surface area contributed by atoms with Gasteiger partial charge in [-0.05, 0) is 30.4 Å². The van der Waals surface area contributed by atoms with Crippen molar-refractivity contribution in [1.29, 1.82) is 0 Å². The van der Waals surface area contributed by atoms with Crippen LogP contribution in [-0.4, -0.2) is 32.5 Å². The molecule has 0 fully saturated rings. The molecule has 0 aliphatic carbocycles. The molecule has 0 saturated heterocycles. The standard InChI is InChI=1S/C12H14ClF3O3S3/c1-20-21-10-5-3-9(4-6-10)11(12(14,15)16)19-22(17,18)8-2-7-13/h3-6,11H,2,7-8H2,1H3. The third kappa shape index (κ3) is 6.57. The number of hydrogen-bond donors (Lipinski definition) is 0. The molecular formula is C12H14ClF3O3S3. The largest absolute Gasteiger partial charge is 0.420 e. The Balaban J connectivity index is 2.99. The fraction of sp³-hybridized carbons (Fsp3) is 0.500. The van der Waals surface area contributed by atoms with E-state index in [1.807, 2.05) is 6.26 Å². The molecule has 3 nitrogen and oxygen atoms in total. The van der Waals surface area contributed by atoms with E-state index in [1.54, 1.807) is 0 Å². The molecule has 126 valence electrons. The number of alkyl halides is 4. The fourth-order valence-electron chi connectivity index (χ4n) is 1.52. The maximum atomic E-state index is 13.1. The van der Waals surface area contributed by atoms with Crippen LogP contribution in [0, 0.1) is 0 Å². The molecule has 22 heavy (non-hydrogen) atoms. The Hall–Kier alpha value is -0.0900. The first kappa shape index (κ1) is 20.0. The van der Waals surface area contributed by atoms with Gasteiger partial charge in [0.05, 0.1) is 5.75 Å². The average molecular weight is 395 g/mol. The minimum atomic E-state index is -4.83. The van der Waals surface area contributed by atoms with Crippen LogP contribution in [0.3, 0.4) is 0 Å². The minimum absolute atomic E-state index is 0.0256. The Labute approximate surface area is 140 Å². The lowest BCUT2D eigenvalue weighted by molar-refractivity contribution is -0.196. The number of hydrogen-bond acceptors (Lipinski definition) is 5. The predicted molar refractivity (Wildman–Crippen MR) is 84.8 cm³/mol. The van der Waals surface area contributed by atoms with Crippen molar-refractivity contribution in [2.24, 2.45) is 0 Å². The third-order valence-electron chi connectivity index (χ3n) is 2.43. The molecule has 10 heteroatoms. The van der Waals surface area contributed by atoms with E-state index in [0.29, 0.717) is 0 Å². The van der Waals surface area contributed by atoms with Crippen molar-refractivity contribution in [3.05, 3.63) is 29.8 Å². The molecule has 0 spiro atoms. The molecule has 0 saturated carbocycles. The Bertz CT molecular complexity index is 561. The second kappa shape index (κ2) is 8.68. The summed E-state index contributed by atoms with van der Waals surface area (Å²) in [4.78, 5) is 0.766. The quantitative estimate of drug-likeness (QED) is 0.365. The molecule has 1 unspecified atom stereocenters. The van der Waals surface area contributed by atoms with Gasteiger partial charge in [-0.25, -0.2) is 0 Å². The van der Waals surface area contributed by atoms with E-state index in [2.05, 4.69) is 4.18 Å². The number of rotatable bonds is 8. The summed E-state index contributed by atoms with van der Waals surface area (Å²) in [6, 6.07) is 5.41. The zero-order chi connectivity index (χ0) is 16.8. The van der Waals surface area contributed by atoms with Gasteiger partial charge in [0, 0.05) is 10.8 Å². The van der Waals surface area contributed by atoms with Crippen molar-refractivity contribution in [3.63, 3.8) is 0 Å². The van der Waals surface area contributed by atoms with E-state index in [1.165, 1.54) is 45.9 Å². The number of halogens is 4. The van der Waals surface area contributed by atoms with Gasteiger partial charge in [0.25, 0.3) is 10.1 Å². The summed E-state index contributed by atoms with van der Waals surface area (Å²) in [6.45, 7) is 0. The summed E-state index contributed by atoms with van der Waals surface area (Å²) in [6.07, 6.45) is -5.48. The smallest absolute Gasteiger partial charge is 0.252 e. The van der Waals surface area contributed by atoms with E-state index in [9.17, 15) is 21.6 Å². The van der Waals surface area contributed by atoms with E-state index >= 15 is 0 Å². The van der Waals surface area contributed by atoms with Crippen molar-refractivity contribution >= 4 is 43.3 Å². The summed E-state index contributed by atoms with van der Waals surface area (Å²) in [5.41, 5.74) is -0.257. The molecule has 0 bridgehead atoms. The molecule has 1 atom stereocenters. The van der Waals surface area contributed by atoms with Crippen LogP contribution in [0.15, 0.2) is 29.2 Å². The zero-order valence-electron chi connectivity index (χ0n) is 11.5. The van der Waals surface area contributed by atoms with E-state index in [-0.39, 0.29) is 17.9 Å². The van der Waals surface area contributed by atoms with Crippen LogP contribution in [0.2, 0.25) is 0 Å². The first-order valence-electron chi connectivity index (χ1n) is 6.04. The molecule has 1 aromatic rings. The highest BCUT2D eigenvalue weighted by Gasteiger charge is 2.44. The van der Waals surface area contributed by atoms with Crippen LogP contribution < -0.4 is 0 Å². The van der Waals surface area contributed by atoms with Crippen molar-refractivity contribution in [1.82, 2.24) is 0 Å². The Morgan fingerprint density at radius 2 is 1.86 bits per heavy atom. The Morgan fingerprint density at radius 1 is 1.27 bits per heavy atom. The van der Waals surface area contributed by atoms with Gasteiger partial charge in [0.15, 0.2) is 6.10 Å². The van der Waals surface area contributed by atoms with Crippen molar-refractivity contribution in [3.8, 4) is 0 Å². The SMILES string of the molecule is CSSc1ccc(C(OS(=O)(=O)CCCCl)C(F)(F)F)cc1. The van der Waals surface area contributed by atoms with Gasteiger partial charge < -0.3 is 0 Å². The zero-order valence-corrected chi connectivity index (χ0v) is 14.7. The monoisotopic (exact) mass is 394 g/mol. The second-order valence-corrected chi connectivity index (χ2v) is 8.71. The number of benzene rings is 1. The van der Waals surface area contributed by atoms with Crippen molar-refractivity contribution in [2.45, 2.75) is 23.6 Å². The molecule has 0 heterocycles. The highest BCUT2D eigenvalue weighted by molar-refractivity contribution is 8.76. The average Bonchev–Trinajstić information content (AvgIpc) is 2.43. The molecule has 0 aromatic heterocycles. The molecule has 0 radical (unpaired) electrons. The Morgan fingerprint density at radius 3 is 2.32 bits per heavy atom. The summed E-state index contributed by atoms with van der Waals surface area (Å²) in [7, 11) is -1.47. The van der Waals surface area contributed by atoms with Crippen LogP contribution in [0.5, 0.6) is 0 Å². The van der Waals surface area contributed by atoms with Gasteiger partial charge in [-0.15, -0.1) is 11.6 Å². The first-order valence-corrected chi connectivity index (χ1v) is 10.7. The minimum Gasteiger partial charge on any atom is -0.252 e. The van der Waals surface area contributed by atoms with Gasteiger partial charge in [0.1, 0.15) is 0 Å². The molecule has 0 aliphatic heterocycles. The van der Waals surface area contributed by atoms with Gasteiger partial charge in [0.2, 0.25) is 0 Å². The van der Waals surface area contributed by atoms with E-state index < -0.39 is 28.2 Å². The third-order valence-corrected chi connectivity index (χ3v) is 5.68. The van der Waals surface area contributed by atoms with Crippen molar-refractivity contribution in [2.75, 3.05) is 17.9 Å². The summed E-state index contributed by atoms with van der Waals surface area (Å²) in [5.74, 6) is -0.524. The van der Waals surface area contributed by atoms with Crippen LogP contribution >= 0.6 is 33.2 Å². The van der Waals surface area contributed by atoms with Gasteiger partial charge in [-0.2, -0.15) is 21.6 Å². The first-order chi connectivity index (χ1) is 10.2. The lowest BCUT2D eigenvalue weighted by atomic mass is 10.1. The van der Waals surface area contributed by atoms with E-state index in [0.717, 1.165) is 4.90 Å². The highest BCUT2D eigenvalue weighted by Crippen LogP contribution is 2.38. The molecular weight excluding hydrogens is 381 g/mol. The van der Waals surface area contributed by atoms with Gasteiger partial charge in [-0.3, -0.25) is 4.18 Å². The molecule has 1 aromatic carbocycles. The van der Waals surface area contributed by atoms with Gasteiger partial charge >= 0.3 is 6.18 Å². The van der Waals surface area contributed by atoms with Crippen LogP contribution in [0.25, 0.3) is 0 Å². The highest BCUT2D eigenvalue weighted by atomic mass is 35.5. The topological polar surface area (TPSA) is 43.4 Å². The van der Waals surface area contributed by atoms with Crippen LogP contribution in [0.1, 0.15) is 18.1 Å². The lowest BCUT2D eigenvalue weighted by Crippen LogP contribution is -2.27. The molecule has 0 amide bonds. The summed E-state index contributed by atoms with van der Waals surface area (Å²) >= 11 is 5.35. The van der Waals surface area contributed by atoms with Crippen molar-refractivity contribution < 1.29 is 25.8 Å².